The molecule has 0 unspecified atom stereocenters. The van der Waals surface area contributed by atoms with Crippen LogP contribution >= 0.6 is 0 Å². The minimum absolute atomic E-state index is 0.00689. The van der Waals surface area contributed by atoms with Crippen LogP contribution in [-0.4, -0.2) is 25.6 Å². The third-order valence-electron chi connectivity index (χ3n) is 4.61. The SMILES string of the molecule is NCC1(CC(=O)NCCCOc2ccc(F)cc2)CCCCC1. The van der Waals surface area contributed by atoms with Gasteiger partial charge in [0.1, 0.15) is 11.6 Å². The van der Waals surface area contributed by atoms with Crippen molar-refractivity contribution < 1.29 is 13.9 Å². The van der Waals surface area contributed by atoms with Crippen LogP contribution in [0, 0.1) is 11.2 Å². The van der Waals surface area contributed by atoms with Crippen molar-refractivity contribution in [1.29, 1.82) is 0 Å². The van der Waals surface area contributed by atoms with E-state index in [0.717, 1.165) is 19.3 Å². The molecular formula is C18H27FN2O2. The fraction of sp³-hybridized carbons (Fsp3) is 0.611. The molecule has 4 nitrogen and oxygen atoms in total. The van der Waals surface area contributed by atoms with E-state index in [1.165, 1.54) is 31.4 Å². The highest BCUT2D eigenvalue weighted by molar-refractivity contribution is 5.76. The zero-order chi connectivity index (χ0) is 16.5. The summed E-state index contributed by atoms with van der Waals surface area (Å²) in [7, 11) is 0. The highest BCUT2D eigenvalue weighted by Crippen LogP contribution is 2.38. The zero-order valence-corrected chi connectivity index (χ0v) is 13.7. The number of carbonyl (C=O) groups is 1. The number of benzene rings is 1. The van der Waals surface area contributed by atoms with Crippen molar-refractivity contribution in [3.63, 3.8) is 0 Å². The number of halogens is 1. The molecule has 0 heterocycles. The molecule has 1 aliphatic rings. The number of ether oxygens (including phenoxy) is 1. The number of nitrogens with two attached hydrogens (primary N) is 1. The Morgan fingerprint density at radius 1 is 1.22 bits per heavy atom. The molecule has 0 saturated heterocycles. The second-order valence-corrected chi connectivity index (χ2v) is 6.45. The molecule has 2 rings (SSSR count). The number of nitrogens with one attached hydrogen (secondary N) is 1. The van der Waals surface area contributed by atoms with Gasteiger partial charge in [-0.1, -0.05) is 19.3 Å². The van der Waals surface area contributed by atoms with Crippen molar-refractivity contribution in [1.82, 2.24) is 5.32 Å². The first-order chi connectivity index (χ1) is 11.1. The summed E-state index contributed by atoms with van der Waals surface area (Å²) in [6, 6.07) is 5.94. The largest absolute Gasteiger partial charge is 0.494 e. The molecule has 1 fully saturated rings. The van der Waals surface area contributed by atoms with Crippen LogP contribution in [0.5, 0.6) is 5.75 Å². The standard InChI is InChI=1S/C18H27FN2O2/c19-15-5-7-16(8-6-15)23-12-4-11-21-17(22)13-18(14-20)9-2-1-3-10-18/h5-8H,1-4,9-14,20H2,(H,21,22). The molecule has 5 heteroatoms. The van der Waals surface area contributed by atoms with E-state index in [4.69, 9.17) is 10.5 Å². The normalized spacial score (nSPS) is 16.8. The molecule has 1 amide bonds. The molecule has 3 N–H and O–H groups in total. The Labute approximate surface area is 137 Å². The highest BCUT2D eigenvalue weighted by atomic mass is 19.1. The first-order valence-corrected chi connectivity index (χ1v) is 8.49. The van der Waals surface area contributed by atoms with E-state index < -0.39 is 0 Å². The Morgan fingerprint density at radius 2 is 1.91 bits per heavy atom. The van der Waals surface area contributed by atoms with E-state index in [2.05, 4.69) is 5.32 Å². The van der Waals surface area contributed by atoms with Crippen molar-refractivity contribution in [2.75, 3.05) is 19.7 Å². The van der Waals surface area contributed by atoms with Gasteiger partial charge in [-0.3, -0.25) is 4.79 Å². The predicted octanol–water partition coefficient (Wildman–Crippen LogP) is 3.01. The maximum Gasteiger partial charge on any atom is 0.220 e. The molecule has 1 saturated carbocycles. The minimum Gasteiger partial charge on any atom is -0.494 e. The van der Waals surface area contributed by atoms with Crippen LogP contribution < -0.4 is 15.8 Å². The molecule has 0 radical (unpaired) electrons. The summed E-state index contributed by atoms with van der Waals surface area (Å²) >= 11 is 0. The van der Waals surface area contributed by atoms with Gasteiger partial charge in [0.15, 0.2) is 0 Å². The number of rotatable bonds is 8. The third kappa shape index (κ3) is 5.82. The maximum atomic E-state index is 12.8. The molecule has 1 aromatic carbocycles. The van der Waals surface area contributed by atoms with Crippen LogP contribution in [0.4, 0.5) is 4.39 Å². The lowest BCUT2D eigenvalue weighted by Crippen LogP contribution is -2.39. The first kappa shape index (κ1) is 17.7. The Hall–Kier alpha value is -1.62. The Kier molecular flexibility index (Phi) is 6.84. The molecule has 0 aromatic heterocycles. The van der Waals surface area contributed by atoms with Gasteiger partial charge in [0.2, 0.25) is 5.91 Å². The fourth-order valence-electron chi connectivity index (χ4n) is 3.18. The van der Waals surface area contributed by atoms with Crippen LogP contribution in [-0.2, 0) is 4.79 Å². The summed E-state index contributed by atoms with van der Waals surface area (Å²) in [5.41, 5.74) is 5.92. The Morgan fingerprint density at radius 3 is 2.57 bits per heavy atom. The number of hydrogen-bond donors (Lipinski definition) is 2. The summed E-state index contributed by atoms with van der Waals surface area (Å²) in [4.78, 5) is 12.1. The van der Waals surface area contributed by atoms with Crippen molar-refractivity contribution in [2.24, 2.45) is 11.1 Å². The van der Waals surface area contributed by atoms with Gasteiger partial charge in [0, 0.05) is 13.0 Å². The molecule has 128 valence electrons. The molecule has 1 aliphatic carbocycles. The van der Waals surface area contributed by atoms with E-state index in [1.54, 1.807) is 12.1 Å². The average Bonchev–Trinajstić information content (AvgIpc) is 2.57. The van der Waals surface area contributed by atoms with Crippen molar-refractivity contribution in [2.45, 2.75) is 44.9 Å². The molecular weight excluding hydrogens is 295 g/mol. The van der Waals surface area contributed by atoms with Gasteiger partial charge in [0.05, 0.1) is 6.61 Å². The zero-order valence-electron chi connectivity index (χ0n) is 13.7. The molecule has 1 aromatic rings. The van der Waals surface area contributed by atoms with Crippen LogP contribution in [0.1, 0.15) is 44.9 Å². The first-order valence-electron chi connectivity index (χ1n) is 8.49. The van der Waals surface area contributed by atoms with E-state index >= 15 is 0 Å². The Balaban J connectivity index is 1.61. The smallest absolute Gasteiger partial charge is 0.220 e. The lowest BCUT2D eigenvalue weighted by atomic mass is 9.71. The quantitative estimate of drug-likeness (QED) is 0.723. The summed E-state index contributed by atoms with van der Waals surface area (Å²) < 4.78 is 18.3. The van der Waals surface area contributed by atoms with Crippen LogP contribution in [0.15, 0.2) is 24.3 Å². The highest BCUT2D eigenvalue weighted by Gasteiger charge is 2.32. The molecule has 0 aliphatic heterocycles. The van der Waals surface area contributed by atoms with E-state index in [0.29, 0.717) is 31.9 Å². The van der Waals surface area contributed by atoms with Crippen LogP contribution in [0.3, 0.4) is 0 Å². The van der Waals surface area contributed by atoms with Gasteiger partial charge < -0.3 is 15.8 Å². The number of amides is 1. The molecule has 0 atom stereocenters. The van der Waals surface area contributed by atoms with E-state index in [1.807, 2.05) is 0 Å². The summed E-state index contributed by atoms with van der Waals surface area (Å²) in [6.07, 6.45) is 6.98. The third-order valence-corrected chi connectivity index (χ3v) is 4.61. The van der Waals surface area contributed by atoms with Crippen molar-refractivity contribution in [3.05, 3.63) is 30.1 Å². The average molecular weight is 322 g/mol. The lowest BCUT2D eigenvalue weighted by Gasteiger charge is -2.35. The summed E-state index contributed by atoms with van der Waals surface area (Å²) in [6.45, 7) is 1.67. The molecule has 23 heavy (non-hydrogen) atoms. The van der Waals surface area contributed by atoms with Crippen LogP contribution in [0.2, 0.25) is 0 Å². The molecule has 0 spiro atoms. The predicted molar refractivity (Wildman–Crippen MR) is 88.7 cm³/mol. The topological polar surface area (TPSA) is 64.4 Å². The van der Waals surface area contributed by atoms with Crippen LogP contribution in [0.25, 0.3) is 0 Å². The van der Waals surface area contributed by atoms with E-state index in [-0.39, 0.29) is 17.1 Å². The van der Waals surface area contributed by atoms with Crippen molar-refractivity contribution in [3.8, 4) is 5.75 Å². The summed E-state index contributed by atoms with van der Waals surface area (Å²) in [5, 5.41) is 2.95. The second kappa shape index (κ2) is 8.87. The summed E-state index contributed by atoms with van der Waals surface area (Å²) in [5.74, 6) is 0.447. The monoisotopic (exact) mass is 322 g/mol. The van der Waals surface area contributed by atoms with Gasteiger partial charge in [-0.05, 0) is 55.5 Å². The van der Waals surface area contributed by atoms with Gasteiger partial charge in [-0.15, -0.1) is 0 Å². The van der Waals surface area contributed by atoms with E-state index in [9.17, 15) is 9.18 Å². The van der Waals surface area contributed by atoms with Gasteiger partial charge in [-0.2, -0.15) is 0 Å². The van der Waals surface area contributed by atoms with Gasteiger partial charge >= 0.3 is 0 Å². The van der Waals surface area contributed by atoms with Gasteiger partial charge in [0.25, 0.3) is 0 Å². The second-order valence-electron chi connectivity index (χ2n) is 6.45. The maximum absolute atomic E-state index is 12.8. The Bertz CT molecular complexity index is 484. The van der Waals surface area contributed by atoms with Gasteiger partial charge in [-0.25, -0.2) is 4.39 Å². The fourth-order valence-corrected chi connectivity index (χ4v) is 3.18. The van der Waals surface area contributed by atoms with Crippen molar-refractivity contribution >= 4 is 5.91 Å². The number of carbonyl (C=O) groups excluding carboxylic acids is 1. The molecule has 0 bridgehead atoms. The lowest BCUT2D eigenvalue weighted by molar-refractivity contribution is -0.123. The number of hydrogen-bond acceptors (Lipinski definition) is 3. The minimum atomic E-state index is -0.277.